The van der Waals surface area contributed by atoms with Crippen LogP contribution in [0.2, 0.25) is 0 Å². The summed E-state index contributed by atoms with van der Waals surface area (Å²) in [7, 11) is 1.79. The van der Waals surface area contributed by atoms with Crippen molar-refractivity contribution >= 4 is 29.2 Å². The zero-order chi connectivity index (χ0) is 20.3. The van der Waals surface area contributed by atoms with Crippen LogP contribution in [0, 0.1) is 13.8 Å². The lowest BCUT2D eigenvalue weighted by atomic mass is 10.3. The molecular weight excluding hydrogens is 376 g/mol. The first-order chi connectivity index (χ1) is 13.4. The molecule has 1 amide bonds. The molecular formula is C19H22N6O2S. The topological polar surface area (TPSA) is 108 Å². The van der Waals surface area contributed by atoms with E-state index in [1.54, 1.807) is 24.7 Å². The number of nitrogen functional groups attached to an aromatic ring is 1. The second-order valence-electron chi connectivity index (χ2n) is 6.30. The molecule has 0 saturated carbocycles. The molecule has 8 nitrogen and oxygen atoms in total. The number of hydrogen-bond acceptors (Lipinski definition) is 6. The van der Waals surface area contributed by atoms with E-state index in [-0.39, 0.29) is 23.6 Å². The molecule has 0 aliphatic rings. The van der Waals surface area contributed by atoms with Gasteiger partial charge >= 0.3 is 0 Å². The predicted molar refractivity (Wildman–Crippen MR) is 111 cm³/mol. The molecule has 9 heteroatoms. The number of nitrogens with two attached hydrogens (primary N) is 1. The maximum atomic E-state index is 12.8. The molecule has 146 valence electrons. The predicted octanol–water partition coefficient (Wildman–Crippen LogP) is 2.29. The van der Waals surface area contributed by atoms with Gasteiger partial charge in [0.05, 0.1) is 11.4 Å². The number of nitrogens with zero attached hydrogens (tertiary/aromatic N) is 4. The molecule has 0 aliphatic heterocycles. The molecule has 0 spiro atoms. The van der Waals surface area contributed by atoms with Crippen LogP contribution in [0.1, 0.15) is 17.8 Å². The van der Waals surface area contributed by atoms with E-state index < -0.39 is 0 Å². The van der Waals surface area contributed by atoms with Crippen molar-refractivity contribution in [1.82, 2.24) is 19.3 Å². The molecule has 1 aromatic carbocycles. The second-order valence-corrected chi connectivity index (χ2v) is 7.36. The molecule has 0 unspecified atom stereocenters. The molecule has 2 heterocycles. The van der Waals surface area contributed by atoms with Gasteiger partial charge in [-0.2, -0.15) is 0 Å². The van der Waals surface area contributed by atoms with Gasteiger partial charge in [0.25, 0.3) is 5.56 Å². The quantitative estimate of drug-likeness (QED) is 0.487. The van der Waals surface area contributed by atoms with E-state index in [2.05, 4.69) is 15.3 Å². The molecule has 3 N–H and O–H groups in total. The first-order valence-electron chi connectivity index (χ1n) is 8.74. The molecule has 3 aromatic rings. The minimum absolute atomic E-state index is 0.223. The van der Waals surface area contributed by atoms with Crippen LogP contribution in [0.5, 0.6) is 0 Å². The summed E-state index contributed by atoms with van der Waals surface area (Å²) in [6.45, 7) is 3.64. The van der Waals surface area contributed by atoms with E-state index in [9.17, 15) is 9.59 Å². The highest BCUT2D eigenvalue weighted by molar-refractivity contribution is 7.99. The van der Waals surface area contributed by atoms with Crippen molar-refractivity contribution in [3.63, 3.8) is 0 Å². The summed E-state index contributed by atoms with van der Waals surface area (Å²) in [5.41, 5.74) is 7.94. The van der Waals surface area contributed by atoms with Gasteiger partial charge in [0.15, 0.2) is 5.16 Å². The number of anilines is 2. The maximum Gasteiger partial charge on any atom is 0.295 e. The van der Waals surface area contributed by atoms with Gasteiger partial charge in [-0.1, -0.05) is 30.0 Å². The van der Waals surface area contributed by atoms with Crippen molar-refractivity contribution < 1.29 is 4.79 Å². The number of amides is 1. The van der Waals surface area contributed by atoms with Crippen molar-refractivity contribution in [2.45, 2.75) is 25.4 Å². The summed E-state index contributed by atoms with van der Waals surface area (Å²) in [6, 6.07) is 11.0. The zero-order valence-corrected chi connectivity index (χ0v) is 16.8. The number of hydrogen-bond donors (Lipinski definition) is 2. The molecule has 0 aliphatic carbocycles. The Morgan fingerprint density at radius 2 is 1.93 bits per heavy atom. The fourth-order valence-corrected chi connectivity index (χ4v) is 3.63. The van der Waals surface area contributed by atoms with Crippen molar-refractivity contribution in [3.8, 4) is 5.69 Å². The van der Waals surface area contributed by atoms with Crippen LogP contribution < -0.4 is 16.6 Å². The van der Waals surface area contributed by atoms with Crippen LogP contribution in [0.3, 0.4) is 0 Å². The number of aryl methyl sites for hydroxylation is 1. The maximum absolute atomic E-state index is 12.8. The number of benzene rings is 1. The van der Waals surface area contributed by atoms with Gasteiger partial charge in [0, 0.05) is 31.0 Å². The van der Waals surface area contributed by atoms with Crippen LogP contribution in [-0.4, -0.2) is 31.0 Å². The largest absolute Gasteiger partial charge is 0.384 e. The molecule has 0 radical (unpaired) electrons. The summed E-state index contributed by atoms with van der Waals surface area (Å²) in [6.07, 6.45) is 0.223. The van der Waals surface area contributed by atoms with Gasteiger partial charge in [-0.15, -0.1) is 0 Å². The number of thioether (sulfide) groups is 1. The van der Waals surface area contributed by atoms with Gasteiger partial charge in [-0.05, 0) is 26.0 Å². The standard InChI is InChI=1S/C19H22N6O2S/c1-12-11-15(20)22-19(21-12)28-10-9-16(26)23-17-13(2)24(3)25(18(17)27)14-7-5-4-6-8-14/h4-8,11H,9-10H2,1-3H3,(H,23,26)(H2,20,21,22). The van der Waals surface area contributed by atoms with E-state index in [1.807, 2.05) is 37.3 Å². The number of para-hydroxylation sites is 1. The lowest BCUT2D eigenvalue weighted by Gasteiger charge is -2.07. The van der Waals surface area contributed by atoms with Gasteiger partial charge in [0.1, 0.15) is 11.5 Å². The van der Waals surface area contributed by atoms with E-state index in [4.69, 9.17) is 5.73 Å². The third-order valence-electron chi connectivity index (χ3n) is 4.23. The number of carbonyl (C=O) groups is 1. The third kappa shape index (κ3) is 4.25. The molecule has 3 rings (SSSR count). The summed E-state index contributed by atoms with van der Waals surface area (Å²) >= 11 is 1.35. The van der Waals surface area contributed by atoms with E-state index in [1.165, 1.54) is 16.4 Å². The third-order valence-corrected chi connectivity index (χ3v) is 5.08. The average molecular weight is 398 g/mol. The summed E-state index contributed by atoms with van der Waals surface area (Å²) in [5.74, 6) is 0.646. The normalized spacial score (nSPS) is 10.8. The smallest absolute Gasteiger partial charge is 0.295 e. The number of carbonyl (C=O) groups excluding carboxylic acids is 1. The Labute approximate surface area is 166 Å². The van der Waals surface area contributed by atoms with E-state index in [0.29, 0.717) is 22.4 Å². The monoisotopic (exact) mass is 398 g/mol. The Morgan fingerprint density at radius 3 is 2.61 bits per heavy atom. The Bertz CT molecular complexity index is 1040. The molecule has 28 heavy (non-hydrogen) atoms. The van der Waals surface area contributed by atoms with Gasteiger partial charge < -0.3 is 11.1 Å². The van der Waals surface area contributed by atoms with Gasteiger partial charge in [0.2, 0.25) is 5.91 Å². The number of aromatic nitrogens is 4. The molecule has 0 bridgehead atoms. The summed E-state index contributed by atoms with van der Waals surface area (Å²) in [4.78, 5) is 33.6. The highest BCUT2D eigenvalue weighted by Crippen LogP contribution is 2.17. The highest BCUT2D eigenvalue weighted by Gasteiger charge is 2.18. The van der Waals surface area contributed by atoms with Crippen LogP contribution >= 0.6 is 11.8 Å². The van der Waals surface area contributed by atoms with Crippen molar-refractivity contribution in [2.24, 2.45) is 7.05 Å². The second kappa shape index (κ2) is 8.30. The van der Waals surface area contributed by atoms with Crippen LogP contribution in [0.25, 0.3) is 5.69 Å². The van der Waals surface area contributed by atoms with E-state index in [0.717, 1.165) is 11.4 Å². The molecule has 0 fully saturated rings. The van der Waals surface area contributed by atoms with Crippen LogP contribution in [0.15, 0.2) is 46.3 Å². The Hall–Kier alpha value is -3.07. The fourth-order valence-electron chi connectivity index (χ4n) is 2.78. The van der Waals surface area contributed by atoms with E-state index >= 15 is 0 Å². The highest BCUT2D eigenvalue weighted by atomic mass is 32.2. The van der Waals surface area contributed by atoms with Crippen LogP contribution in [-0.2, 0) is 11.8 Å². The Balaban J connectivity index is 1.68. The first kappa shape index (κ1) is 19.7. The SMILES string of the molecule is Cc1cc(N)nc(SCCC(=O)Nc2c(C)n(C)n(-c3ccccc3)c2=O)n1. The number of nitrogens with one attached hydrogen (secondary N) is 1. The van der Waals surface area contributed by atoms with Crippen molar-refractivity contribution in [1.29, 1.82) is 0 Å². The number of rotatable bonds is 6. The van der Waals surface area contributed by atoms with Gasteiger partial charge in [-0.3, -0.25) is 14.3 Å². The molecule has 0 saturated heterocycles. The lowest BCUT2D eigenvalue weighted by Crippen LogP contribution is -2.23. The average Bonchev–Trinajstić information content (AvgIpc) is 2.85. The zero-order valence-electron chi connectivity index (χ0n) is 16.0. The van der Waals surface area contributed by atoms with Crippen molar-refractivity contribution in [2.75, 3.05) is 16.8 Å². The Kier molecular flexibility index (Phi) is 5.84. The molecule has 2 aromatic heterocycles. The minimum Gasteiger partial charge on any atom is -0.384 e. The van der Waals surface area contributed by atoms with Crippen molar-refractivity contribution in [3.05, 3.63) is 58.1 Å². The first-order valence-corrected chi connectivity index (χ1v) is 9.73. The van der Waals surface area contributed by atoms with Crippen LogP contribution in [0.4, 0.5) is 11.5 Å². The Morgan fingerprint density at radius 1 is 1.21 bits per heavy atom. The molecule has 0 atom stereocenters. The van der Waals surface area contributed by atoms with Gasteiger partial charge in [-0.25, -0.2) is 14.6 Å². The fraction of sp³-hybridized carbons (Fsp3) is 0.263. The lowest BCUT2D eigenvalue weighted by molar-refractivity contribution is -0.115. The summed E-state index contributed by atoms with van der Waals surface area (Å²) < 4.78 is 3.26. The minimum atomic E-state index is -0.262. The summed E-state index contributed by atoms with van der Waals surface area (Å²) in [5, 5.41) is 3.28.